The smallest absolute Gasteiger partial charge is 0.197 e. The first-order valence-corrected chi connectivity index (χ1v) is 5.77. The summed E-state index contributed by atoms with van der Waals surface area (Å²) in [5, 5.41) is 0. The van der Waals surface area contributed by atoms with Crippen LogP contribution in [0.15, 0.2) is 36.7 Å². The van der Waals surface area contributed by atoms with Crippen LogP contribution in [0.5, 0.6) is 5.75 Å². The van der Waals surface area contributed by atoms with Gasteiger partial charge >= 0.3 is 0 Å². The fourth-order valence-electron chi connectivity index (χ4n) is 1.82. The van der Waals surface area contributed by atoms with Crippen LogP contribution in [0.3, 0.4) is 0 Å². The lowest BCUT2D eigenvalue weighted by Gasteiger charge is -2.07. The van der Waals surface area contributed by atoms with Crippen LogP contribution >= 0.6 is 0 Å². The lowest BCUT2D eigenvalue weighted by molar-refractivity contribution is 0.341. The molecule has 0 aliphatic carbocycles. The van der Waals surface area contributed by atoms with Crippen LogP contribution in [0, 0.1) is 0 Å². The Kier molecular flexibility index (Phi) is 2.64. The van der Waals surface area contributed by atoms with Gasteiger partial charge in [0.25, 0.3) is 0 Å². The van der Waals surface area contributed by atoms with Crippen molar-refractivity contribution in [2.45, 2.75) is 6.92 Å². The van der Waals surface area contributed by atoms with Crippen molar-refractivity contribution in [2.75, 3.05) is 6.61 Å². The van der Waals surface area contributed by atoms with E-state index >= 15 is 0 Å². The van der Waals surface area contributed by atoms with E-state index in [4.69, 9.17) is 4.74 Å². The third kappa shape index (κ3) is 1.79. The first-order valence-electron chi connectivity index (χ1n) is 5.77. The SMILES string of the molecule is CCOc1ccccc1-c1nc2nccnc2[nH]1. The van der Waals surface area contributed by atoms with Crippen molar-refractivity contribution < 1.29 is 4.74 Å². The number of para-hydroxylation sites is 1. The molecule has 1 N–H and O–H groups in total. The summed E-state index contributed by atoms with van der Waals surface area (Å²) < 4.78 is 5.59. The number of nitrogens with one attached hydrogen (secondary N) is 1. The van der Waals surface area contributed by atoms with Gasteiger partial charge in [-0.05, 0) is 19.1 Å². The van der Waals surface area contributed by atoms with E-state index in [1.165, 1.54) is 0 Å². The number of aromatic nitrogens is 4. The van der Waals surface area contributed by atoms with E-state index < -0.39 is 0 Å². The zero-order chi connectivity index (χ0) is 12.4. The molecule has 0 amide bonds. The monoisotopic (exact) mass is 240 g/mol. The van der Waals surface area contributed by atoms with Crippen molar-refractivity contribution in [3.8, 4) is 17.1 Å². The first-order chi connectivity index (χ1) is 8.88. The molecule has 2 heterocycles. The molecule has 0 aliphatic rings. The number of benzene rings is 1. The van der Waals surface area contributed by atoms with Gasteiger partial charge in [0.2, 0.25) is 0 Å². The number of nitrogens with zero attached hydrogens (tertiary/aromatic N) is 3. The van der Waals surface area contributed by atoms with Gasteiger partial charge in [0.15, 0.2) is 11.3 Å². The molecule has 5 nitrogen and oxygen atoms in total. The van der Waals surface area contributed by atoms with Gasteiger partial charge in [-0.15, -0.1) is 0 Å². The fraction of sp³-hybridized carbons (Fsp3) is 0.154. The lowest BCUT2D eigenvalue weighted by atomic mass is 10.2. The van der Waals surface area contributed by atoms with Crippen LogP contribution in [0.1, 0.15) is 6.92 Å². The third-order valence-electron chi connectivity index (χ3n) is 2.58. The third-order valence-corrected chi connectivity index (χ3v) is 2.58. The number of hydrogen-bond donors (Lipinski definition) is 1. The highest BCUT2D eigenvalue weighted by molar-refractivity contribution is 5.74. The summed E-state index contributed by atoms with van der Waals surface area (Å²) in [6.07, 6.45) is 3.26. The van der Waals surface area contributed by atoms with Crippen LogP contribution in [0.25, 0.3) is 22.7 Å². The number of imidazole rings is 1. The molecule has 0 spiro atoms. The van der Waals surface area contributed by atoms with Crippen molar-refractivity contribution in [3.63, 3.8) is 0 Å². The van der Waals surface area contributed by atoms with Crippen molar-refractivity contribution in [3.05, 3.63) is 36.7 Å². The molecule has 0 saturated heterocycles. The predicted octanol–water partition coefficient (Wildman–Crippen LogP) is 2.42. The molecule has 0 unspecified atom stereocenters. The van der Waals surface area contributed by atoms with E-state index in [1.807, 2.05) is 31.2 Å². The molecular formula is C13H12N4O. The Morgan fingerprint density at radius 2 is 2.00 bits per heavy atom. The van der Waals surface area contributed by atoms with Gasteiger partial charge in [0.05, 0.1) is 12.2 Å². The summed E-state index contributed by atoms with van der Waals surface area (Å²) in [4.78, 5) is 15.9. The second-order valence-electron chi connectivity index (χ2n) is 3.74. The number of fused-ring (bicyclic) bond motifs is 1. The summed E-state index contributed by atoms with van der Waals surface area (Å²) in [5.41, 5.74) is 2.21. The molecule has 18 heavy (non-hydrogen) atoms. The minimum atomic E-state index is 0.610. The molecule has 2 aromatic heterocycles. The Morgan fingerprint density at radius 3 is 2.83 bits per heavy atom. The maximum atomic E-state index is 5.59. The quantitative estimate of drug-likeness (QED) is 0.763. The van der Waals surface area contributed by atoms with Gasteiger partial charge < -0.3 is 9.72 Å². The largest absolute Gasteiger partial charge is 0.493 e. The standard InChI is InChI=1S/C13H12N4O/c1-2-18-10-6-4-3-5-9(10)11-16-12-13(17-11)15-8-7-14-12/h3-8H,2H2,1H3,(H,14,15,16,17). The minimum Gasteiger partial charge on any atom is -0.493 e. The maximum Gasteiger partial charge on any atom is 0.197 e. The summed E-state index contributed by atoms with van der Waals surface area (Å²) in [6, 6.07) is 7.77. The average Bonchev–Trinajstić information content (AvgIpc) is 2.83. The van der Waals surface area contributed by atoms with Crippen molar-refractivity contribution in [2.24, 2.45) is 0 Å². The van der Waals surface area contributed by atoms with E-state index in [0.717, 1.165) is 17.1 Å². The van der Waals surface area contributed by atoms with Crippen LogP contribution in [0.2, 0.25) is 0 Å². The molecule has 3 rings (SSSR count). The van der Waals surface area contributed by atoms with Crippen molar-refractivity contribution in [1.82, 2.24) is 19.9 Å². The molecule has 0 bridgehead atoms. The number of hydrogen-bond acceptors (Lipinski definition) is 4. The summed E-state index contributed by atoms with van der Waals surface area (Å²) in [5.74, 6) is 1.53. The first kappa shape index (κ1) is 10.7. The molecular weight excluding hydrogens is 228 g/mol. The van der Waals surface area contributed by atoms with Crippen LogP contribution in [-0.4, -0.2) is 26.5 Å². The number of H-pyrrole nitrogens is 1. The van der Waals surface area contributed by atoms with Gasteiger partial charge in [-0.1, -0.05) is 12.1 Å². The average molecular weight is 240 g/mol. The zero-order valence-corrected chi connectivity index (χ0v) is 9.92. The fourth-order valence-corrected chi connectivity index (χ4v) is 1.82. The summed E-state index contributed by atoms with van der Waals surface area (Å²) >= 11 is 0. The Morgan fingerprint density at radius 1 is 1.17 bits per heavy atom. The molecule has 0 aliphatic heterocycles. The molecule has 90 valence electrons. The van der Waals surface area contributed by atoms with Gasteiger partial charge in [-0.3, -0.25) is 0 Å². The van der Waals surface area contributed by atoms with Gasteiger partial charge in [0.1, 0.15) is 11.6 Å². The number of ether oxygens (including phenoxy) is 1. The van der Waals surface area contributed by atoms with Gasteiger partial charge in [0, 0.05) is 12.4 Å². The minimum absolute atomic E-state index is 0.610. The lowest BCUT2D eigenvalue weighted by Crippen LogP contribution is -1.94. The Labute approximate surface area is 104 Å². The van der Waals surface area contributed by atoms with Gasteiger partial charge in [-0.25, -0.2) is 15.0 Å². The second kappa shape index (κ2) is 4.44. The van der Waals surface area contributed by atoms with E-state index in [1.54, 1.807) is 12.4 Å². The Hall–Kier alpha value is -2.43. The van der Waals surface area contributed by atoms with E-state index in [-0.39, 0.29) is 0 Å². The normalized spacial score (nSPS) is 10.7. The zero-order valence-electron chi connectivity index (χ0n) is 9.92. The van der Waals surface area contributed by atoms with E-state index in [0.29, 0.717) is 17.9 Å². The molecule has 1 aromatic carbocycles. The molecule has 0 saturated carbocycles. The second-order valence-corrected chi connectivity index (χ2v) is 3.74. The van der Waals surface area contributed by atoms with Crippen molar-refractivity contribution in [1.29, 1.82) is 0 Å². The molecule has 0 radical (unpaired) electrons. The molecule has 5 heteroatoms. The highest BCUT2D eigenvalue weighted by atomic mass is 16.5. The topological polar surface area (TPSA) is 63.7 Å². The van der Waals surface area contributed by atoms with E-state index in [2.05, 4.69) is 19.9 Å². The summed E-state index contributed by atoms with van der Waals surface area (Å²) in [7, 11) is 0. The Balaban J connectivity index is 2.13. The van der Waals surface area contributed by atoms with E-state index in [9.17, 15) is 0 Å². The van der Waals surface area contributed by atoms with Crippen LogP contribution < -0.4 is 4.74 Å². The molecule has 0 atom stereocenters. The van der Waals surface area contributed by atoms with Crippen LogP contribution in [0.4, 0.5) is 0 Å². The highest BCUT2D eigenvalue weighted by Gasteiger charge is 2.10. The number of aromatic amines is 1. The predicted molar refractivity (Wildman–Crippen MR) is 68.3 cm³/mol. The van der Waals surface area contributed by atoms with Crippen molar-refractivity contribution >= 4 is 11.3 Å². The Bertz CT molecular complexity index is 644. The summed E-state index contributed by atoms with van der Waals surface area (Å²) in [6.45, 7) is 2.58. The molecule has 3 aromatic rings. The highest BCUT2D eigenvalue weighted by Crippen LogP contribution is 2.28. The maximum absolute atomic E-state index is 5.59. The van der Waals surface area contributed by atoms with Gasteiger partial charge in [-0.2, -0.15) is 0 Å². The molecule has 0 fully saturated rings. The van der Waals surface area contributed by atoms with Crippen LogP contribution in [-0.2, 0) is 0 Å². The number of rotatable bonds is 3.